The van der Waals surface area contributed by atoms with E-state index in [9.17, 15) is 24.0 Å². The van der Waals surface area contributed by atoms with Gasteiger partial charge in [0.2, 0.25) is 29.5 Å². The average molecular weight is 755 g/mol. The first kappa shape index (κ1) is 40.5. The molecule has 0 atom stereocenters. The molecule has 0 spiro atoms. The average Bonchev–Trinajstić information content (AvgIpc) is 3.21. The SMILES string of the molecule is NC(=O)CN(Cc1ccccc1)C(=O)CN(Cc1ccccn1)C(=O)CN(Cc1ccccc1)C(=O)CN(Cc1ccccn1)C(=O)CNCc1ccccc1. The number of benzene rings is 3. The van der Waals surface area contributed by atoms with E-state index in [4.69, 9.17) is 5.73 Å². The number of nitrogens with zero attached hydrogens (tertiary/aromatic N) is 6. The Morgan fingerprint density at radius 1 is 0.446 bits per heavy atom. The molecule has 13 heteroatoms. The molecule has 0 saturated heterocycles. The van der Waals surface area contributed by atoms with Crippen LogP contribution in [0.4, 0.5) is 0 Å². The minimum Gasteiger partial charge on any atom is -0.368 e. The molecule has 0 radical (unpaired) electrons. The Balaban J connectivity index is 1.37. The van der Waals surface area contributed by atoms with E-state index in [1.54, 1.807) is 42.7 Å². The predicted molar refractivity (Wildman–Crippen MR) is 210 cm³/mol. The molecule has 288 valence electrons. The number of amides is 5. The zero-order chi connectivity index (χ0) is 39.5. The lowest BCUT2D eigenvalue weighted by Crippen LogP contribution is -2.50. The molecule has 0 unspecified atom stereocenters. The largest absolute Gasteiger partial charge is 0.368 e. The van der Waals surface area contributed by atoms with Gasteiger partial charge in [-0.25, -0.2) is 0 Å². The Hall–Kier alpha value is -6.73. The van der Waals surface area contributed by atoms with Crippen molar-refractivity contribution < 1.29 is 24.0 Å². The van der Waals surface area contributed by atoms with Gasteiger partial charge in [-0.3, -0.25) is 33.9 Å². The van der Waals surface area contributed by atoms with Crippen LogP contribution in [0.5, 0.6) is 0 Å². The topological polar surface area (TPSA) is 162 Å². The monoisotopic (exact) mass is 754 g/mol. The molecular formula is C43H46N8O5. The molecular weight excluding hydrogens is 709 g/mol. The summed E-state index contributed by atoms with van der Waals surface area (Å²) in [5.74, 6) is -2.52. The maximum Gasteiger partial charge on any atom is 0.243 e. The first-order valence-corrected chi connectivity index (χ1v) is 18.2. The summed E-state index contributed by atoms with van der Waals surface area (Å²) in [6.07, 6.45) is 3.21. The van der Waals surface area contributed by atoms with Crippen LogP contribution in [0.2, 0.25) is 0 Å². The summed E-state index contributed by atoms with van der Waals surface area (Å²) < 4.78 is 0. The van der Waals surface area contributed by atoms with E-state index in [0.717, 1.165) is 16.7 Å². The molecule has 2 heterocycles. The van der Waals surface area contributed by atoms with Crippen LogP contribution in [0.1, 0.15) is 28.1 Å². The van der Waals surface area contributed by atoms with E-state index in [2.05, 4.69) is 15.3 Å². The molecule has 56 heavy (non-hydrogen) atoms. The third-order valence-corrected chi connectivity index (χ3v) is 8.77. The fraction of sp³-hybridized carbons (Fsp3) is 0.233. The van der Waals surface area contributed by atoms with E-state index >= 15 is 0 Å². The molecule has 5 rings (SSSR count). The molecule has 3 N–H and O–H groups in total. The van der Waals surface area contributed by atoms with Gasteiger partial charge in [-0.15, -0.1) is 0 Å². The normalized spacial score (nSPS) is 10.6. The van der Waals surface area contributed by atoms with Gasteiger partial charge < -0.3 is 30.7 Å². The molecule has 5 aromatic rings. The van der Waals surface area contributed by atoms with Crippen molar-refractivity contribution in [3.8, 4) is 0 Å². The van der Waals surface area contributed by atoms with Gasteiger partial charge in [0.05, 0.1) is 37.6 Å². The fourth-order valence-electron chi connectivity index (χ4n) is 5.91. The van der Waals surface area contributed by atoms with Gasteiger partial charge in [0.15, 0.2) is 0 Å². The van der Waals surface area contributed by atoms with Crippen LogP contribution in [0.25, 0.3) is 0 Å². The molecule has 0 aliphatic rings. The number of primary amides is 1. The molecule has 0 aliphatic carbocycles. The Morgan fingerprint density at radius 3 is 1.23 bits per heavy atom. The van der Waals surface area contributed by atoms with E-state index in [1.165, 1.54) is 19.6 Å². The van der Waals surface area contributed by atoms with Crippen molar-refractivity contribution in [1.82, 2.24) is 34.9 Å². The molecule has 13 nitrogen and oxygen atoms in total. The Bertz CT molecular complexity index is 2010. The number of nitrogens with two attached hydrogens (primary N) is 1. The van der Waals surface area contributed by atoms with Crippen molar-refractivity contribution in [1.29, 1.82) is 0 Å². The highest BCUT2D eigenvalue weighted by molar-refractivity contribution is 5.91. The van der Waals surface area contributed by atoms with Crippen LogP contribution >= 0.6 is 0 Å². The highest BCUT2D eigenvalue weighted by atomic mass is 16.2. The number of hydrogen-bond acceptors (Lipinski definition) is 8. The number of pyridine rings is 2. The third-order valence-electron chi connectivity index (χ3n) is 8.77. The van der Waals surface area contributed by atoms with Crippen LogP contribution in [-0.2, 0) is 56.7 Å². The quantitative estimate of drug-likeness (QED) is 0.123. The number of rotatable bonds is 20. The zero-order valence-electron chi connectivity index (χ0n) is 31.2. The second kappa shape index (κ2) is 21.2. The van der Waals surface area contributed by atoms with Crippen molar-refractivity contribution in [2.24, 2.45) is 5.73 Å². The van der Waals surface area contributed by atoms with Gasteiger partial charge in [-0.1, -0.05) is 103 Å². The summed E-state index contributed by atoms with van der Waals surface area (Å²) in [4.78, 5) is 82.4. The molecule has 0 fully saturated rings. The van der Waals surface area contributed by atoms with Gasteiger partial charge in [0.25, 0.3) is 0 Å². The van der Waals surface area contributed by atoms with E-state index in [1.807, 2.05) is 97.1 Å². The molecule has 5 amide bonds. The van der Waals surface area contributed by atoms with Crippen molar-refractivity contribution >= 4 is 29.5 Å². The lowest BCUT2D eigenvalue weighted by molar-refractivity contribution is -0.147. The molecule has 0 saturated carbocycles. The Kier molecular flexibility index (Phi) is 15.3. The molecule has 3 aromatic carbocycles. The minimum absolute atomic E-state index is 0.0304. The maximum atomic E-state index is 14.3. The summed E-state index contributed by atoms with van der Waals surface area (Å²) in [6, 6.07) is 38.6. The van der Waals surface area contributed by atoms with Crippen LogP contribution in [0.15, 0.2) is 140 Å². The Labute approximate surface area is 326 Å². The summed E-state index contributed by atoms with van der Waals surface area (Å²) in [5.41, 5.74) is 9.20. The zero-order valence-corrected chi connectivity index (χ0v) is 31.2. The smallest absolute Gasteiger partial charge is 0.243 e. The Morgan fingerprint density at radius 2 is 0.821 bits per heavy atom. The predicted octanol–water partition coefficient (Wildman–Crippen LogP) is 3.17. The number of aromatic nitrogens is 2. The third kappa shape index (κ3) is 13.3. The van der Waals surface area contributed by atoms with Gasteiger partial charge in [0, 0.05) is 32.0 Å². The van der Waals surface area contributed by atoms with Crippen molar-refractivity contribution in [2.45, 2.75) is 32.7 Å². The van der Waals surface area contributed by atoms with Crippen molar-refractivity contribution in [3.05, 3.63) is 168 Å². The standard InChI is InChI=1S/C43H46N8O5/c44-39(52)30-48(26-35-16-6-2-7-17-35)41(54)33-51(29-38-21-11-13-23-47-38)43(56)31-49(27-36-18-8-3-9-19-36)42(55)32-50(28-37-20-10-12-22-46-37)40(53)25-45-24-34-14-4-1-5-15-34/h1-23,45H,24-33H2,(H2,44,52). The van der Waals surface area contributed by atoms with Gasteiger partial charge in [-0.05, 0) is 41.0 Å². The van der Waals surface area contributed by atoms with Gasteiger partial charge >= 0.3 is 0 Å². The summed E-state index contributed by atoms with van der Waals surface area (Å²) in [5, 5.41) is 3.17. The van der Waals surface area contributed by atoms with E-state index in [-0.39, 0.29) is 51.7 Å². The van der Waals surface area contributed by atoms with E-state index < -0.39 is 36.7 Å². The highest BCUT2D eigenvalue weighted by Gasteiger charge is 2.28. The number of hydrogen-bond donors (Lipinski definition) is 2. The minimum atomic E-state index is -0.698. The van der Waals surface area contributed by atoms with Gasteiger partial charge in [0.1, 0.15) is 19.6 Å². The second-order valence-corrected chi connectivity index (χ2v) is 13.2. The number of nitrogens with one attached hydrogen (secondary N) is 1. The van der Waals surface area contributed by atoms with Crippen molar-refractivity contribution in [2.75, 3.05) is 32.7 Å². The maximum absolute atomic E-state index is 14.3. The van der Waals surface area contributed by atoms with Crippen LogP contribution < -0.4 is 11.1 Å². The first-order valence-electron chi connectivity index (χ1n) is 18.2. The van der Waals surface area contributed by atoms with Crippen LogP contribution in [0, 0.1) is 0 Å². The van der Waals surface area contributed by atoms with Crippen LogP contribution in [0.3, 0.4) is 0 Å². The lowest BCUT2D eigenvalue weighted by atomic mass is 10.2. The summed E-state index contributed by atoms with van der Waals surface area (Å²) in [7, 11) is 0. The van der Waals surface area contributed by atoms with Crippen LogP contribution in [-0.4, -0.2) is 91.8 Å². The summed E-state index contributed by atoms with van der Waals surface area (Å²) in [6.45, 7) is -0.848. The second-order valence-electron chi connectivity index (χ2n) is 13.2. The van der Waals surface area contributed by atoms with Crippen molar-refractivity contribution in [3.63, 3.8) is 0 Å². The lowest BCUT2D eigenvalue weighted by Gasteiger charge is -2.31. The molecule has 2 aromatic heterocycles. The molecule has 0 aliphatic heterocycles. The fourth-order valence-corrected chi connectivity index (χ4v) is 5.91. The summed E-state index contributed by atoms with van der Waals surface area (Å²) >= 11 is 0. The number of carbonyl (C=O) groups is 5. The van der Waals surface area contributed by atoms with E-state index in [0.29, 0.717) is 17.9 Å². The van der Waals surface area contributed by atoms with Gasteiger partial charge in [-0.2, -0.15) is 0 Å². The first-order chi connectivity index (χ1) is 27.2. The molecule has 0 bridgehead atoms. The highest BCUT2D eigenvalue weighted by Crippen LogP contribution is 2.12. The number of carbonyl (C=O) groups excluding carboxylic acids is 5.